The van der Waals surface area contributed by atoms with Gasteiger partial charge in [-0.15, -0.1) is 0 Å². The minimum Gasteiger partial charge on any atom is -0.396 e. The SMILES string of the molecule is [N-]=[N+]=NC(CO)Cc1c[nH]c2ccccc12. The molecule has 2 rings (SSSR count). The predicted molar refractivity (Wildman–Crippen MR) is 62.0 cm³/mol. The van der Waals surface area contributed by atoms with Gasteiger partial charge in [-0.2, -0.15) is 0 Å². The molecule has 1 heterocycles. The van der Waals surface area contributed by atoms with Crippen molar-refractivity contribution in [3.05, 3.63) is 46.5 Å². The lowest BCUT2D eigenvalue weighted by atomic mass is 10.1. The topological polar surface area (TPSA) is 84.8 Å². The van der Waals surface area contributed by atoms with E-state index in [0.29, 0.717) is 6.42 Å². The number of benzene rings is 1. The molecule has 0 saturated carbocycles. The maximum atomic E-state index is 9.05. The highest BCUT2D eigenvalue weighted by Crippen LogP contribution is 2.19. The number of fused-ring (bicyclic) bond motifs is 1. The van der Waals surface area contributed by atoms with Crippen LogP contribution in [0, 0.1) is 0 Å². The van der Waals surface area contributed by atoms with Gasteiger partial charge in [0, 0.05) is 22.0 Å². The van der Waals surface area contributed by atoms with Gasteiger partial charge in [0.25, 0.3) is 0 Å². The quantitative estimate of drug-likeness (QED) is 0.459. The Labute approximate surface area is 92.3 Å². The third-order valence-corrected chi connectivity index (χ3v) is 2.56. The lowest BCUT2D eigenvalue weighted by molar-refractivity contribution is 0.265. The van der Waals surface area contributed by atoms with E-state index in [4.69, 9.17) is 10.6 Å². The van der Waals surface area contributed by atoms with Crippen molar-refractivity contribution in [1.29, 1.82) is 0 Å². The summed E-state index contributed by atoms with van der Waals surface area (Å²) < 4.78 is 0. The van der Waals surface area contributed by atoms with E-state index in [9.17, 15) is 0 Å². The molecule has 0 bridgehead atoms. The molecule has 1 unspecified atom stereocenters. The monoisotopic (exact) mass is 216 g/mol. The van der Waals surface area contributed by atoms with Gasteiger partial charge in [0.2, 0.25) is 0 Å². The molecular weight excluding hydrogens is 204 g/mol. The van der Waals surface area contributed by atoms with Gasteiger partial charge < -0.3 is 10.1 Å². The minimum atomic E-state index is -0.399. The van der Waals surface area contributed by atoms with Crippen molar-refractivity contribution in [2.75, 3.05) is 6.61 Å². The van der Waals surface area contributed by atoms with Crippen molar-refractivity contribution in [2.24, 2.45) is 5.11 Å². The number of aliphatic hydroxyl groups excluding tert-OH is 1. The van der Waals surface area contributed by atoms with Crippen LogP contribution < -0.4 is 0 Å². The maximum Gasteiger partial charge on any atom is 0.0646 e. The Morgan fingerprint density at radius 3 is 3.00 bits per heavy atom. The summed E-state index contributed by atoms with van der Waals surface area (Å²) in [4.78, 5) is 5.87. The summed E-state index contributed by atoms with van der Waals surface area (Å²) >= 11 is 0. The summed E-state index contributed by atoms with van der Waals surface area (Å²) in [6, 6.07) is 7.51. The Morgan fingerprint density at radius 2 is 2.25 bits per heavy atom. The minimum absolute atomic E-state index is 0.135. The number of aliphatic hydroxyl groups is 1. The third kappa shape index (κ3) is 2.00. The molecule has 2 N–H and O–H groups in total. The molecule has 5 heteroatoms. The van der Waals surface area contributed by atoms with Crippen LogP contribution in [0.5, 0.6) is 0 Å². The predicted octanol–water partition coefficient (Wildman–Crippen LogP) is 2.38. The molecular formula is C11H12N4O. The molecule has 5 nitrogen and oxygen atoms in total. The first-order chi connectivity index (χ1) is 7.85. The normalized spacial score (nSPS) is 12.3. The molecule has 1 aromatic carbocycles. The number of hydrogen-bond donors (Lipinski definition) is 2. The zero-order valence-corrected chi connectivity index (χ0v) is 8.67. The van der Waals surface area contributed by atoms with Crippen LogP contribution in [0.4, 0.5) is 0 Å². The summed E-state index contributed by atoms with van der Waals surface area (Å²) in [5.41, 5.74) is 10.5. The molecule has 0 aliphatic heterocycles. The Morgan fingerprint density at radius 1 is 1.44 bits per heavy atom. The van der Waals surface area contributed by atoms with Crippen LogP contribution in [0.1, 0.15) is 5.56 Å². The van der Waals surface area contributed by atoms with Gasteiger partial charge in [-0.1, -0.05) is 23.3 Å². The van der Waals surface area contributed by atoms with Crippen molar-refractivity contribution in [2.45, 2.75) is 12.5 Å². The highest BCUT2D eigenvalue weighted by atomic mass is 16.3. The van der Waals surface area contributed by atoms with E-state index in [1.165, 1.54) is 0 Å². The van der Waals surface area contributed by atoms with Crippen LogP contribution in [0.2, 0.25) is 0 Å². The molecule has 16 heavy (non-hydrogen) atoms. The van der Waals surface area contributed by atoms with Gasteiger partial charge in [-0.25, -0.2) is 0 Å². The number of azide groups is 1. The van der Waals surface area contributed by atoms with E-state index in [1.807, 2.05) is 30.5 Å². The maximum absolute atomic E-state index is 9.05. The van der Waals surface area contributed by atoms with Crippen molar-refractivity contribution >= 4 is 10.9 Å². The molecule has 0 fully saturated rings. The number of nitrogens with zero attached hydrogens (tertiary/aromatic N) is 3. The highest BCUT2D eigenvalue weighted by Gasteiger charge is 2.09. The average molecular weight is 216 g/mol. The van der Waals surface area contributed by atoms with Crippen LogP contribution in [-0.2, 0) is 6.42 Å². The van der Waals surface area contributed by atoms with Crippen molar-refractivity contribution in [3.63, 3.8) is 0 Å². The van der Waals surface area contributed by atoms with E-state index in [-0.39, 0.29) is 6.61 Å². The zero-order valence-electron chi connectivity index (χ0n) is 8.67. The van der Waals surface area contributed by atoms with Gasteiger partial charge in [0.05, 0.1) is 12.6 Å². The van der Waals surface area contributed by atoms with Gasteiger partial charge in [0.1, 0.15) is 0 Å². The molecule has 0 amide bonds. The van der Waals surface area contributed by atoms with Crippen LogP contribution in [0.3, 0.4) is 0 Å². The smallest absolute Gasteiger partial charge is 0.0646 e. The molecule has 0 aliphatic carbocycles. The molecule has 0 spiro atoms. The second-order valence-corrected chi connectivity index (χ2v) is 3.60. The van der Waals surface area contributed by atoms with E-state index in [2.05, 4.69) is 15.0 Å². The Bertz CT molecular complexity index is 528. The molecule has 0 aliphatic rings. The summed E-state index contributed by atoms with van der Waals surface area (Å²) in [5, 5.41) is 13.7. The van der Waals surface area contributed by atoms with Gasteiger partial charge >= 0.3 is 0 Å². The van der Waals surface area contributed by atoms with Crippen LogP contribution in [-0.4, -0.2) is 22.7 Å². The first kappa shape index (κ1) is 10.5. The first-order valence-corrected chi connectivity index (χ1v) is 5.05. The second-order valence-electron chi connectivity index (χ2n) is 3.60. The van der Waals surface area contributed by atoms with Crippen LogP contribution >= 0.6 is 0 Å². The van der Waals surface area contributed by atoms with Crippen molar-refractivity contribution in [1.82, 2.24) is 4.98 Å². The zero-order chi connectivity index (χ0) is 11.4. The lowest BCUT2D eigenvalue weighted by Crippen LogP contribution is -2.12. The van der Waals surface area contributed by atoms with E-state index >= 15 is 0 Å². The Kier molecular flexibility index (Phi) is 3.10. The number of aromatic amines is 1. The summed E-state index contributed by atoms with van der Waals surface area (Å²) in [6.45, 7) is -0.135. The highest BCUT2D eigenvalue weighted by molar-refractivity contribution is 5.83. The van der Waals surface area contributed by atoms with Gasteiger partial charge in [-0.3, -0.25) is 0 Å². The molecule has 0 radical (unpaired) electrons. The fraction of sp³-hybridized carbons (Fsp3) is 0.273. The first-order valence-electron chi connectivity index (χ1n) is 5.05. The number of para-hydroxylation sites is 1. The number of rotatable bonds is 4. The van der Waals surface area contributed by atoms with Gasteiger partial charge in [-0.05, 0) is 23.6 Å². The Hall–Kier alpha value is -1.97. The van der Waals surface area contributed by atoms with Crippen molar-refractivity contribution < 1.29 is 5.11 Å². The van der Waals surface area contributed by atoms with Crippen LogP contribution in [0.15, 0.2) is 35.6 Å². The number of H-pyrrole nitrogens is 1. The summed E-state index contributed by atoms with van der Waals surface area (Å²) in [6.07, 6.45) is 2.44. The van der Waals surface area contributed by atoms with Crippen molar-refractivity contribution in [3.8, 4) is 0 Å². The van der Waals surface area contributed by atoms with E-state index in [0.717, 1.165) is 16.5 Å². The van der Waals surface area contributed by atoms with E-state index in [1.54, 1.807) is 0 Å². The molecule has 2 aromatic rings. The molecule has 1 atom stereocenters. The fourth-order valence-electron chi connectivity index (χ4n) is 1.77. The van der Waals surface area contributed by atoms with Gasteiger partial charge in [0.15, 0.2) is 0 Å². The molecule has 0 saturated heterocycles. The lowest BCUT2D eigenvalue weighted by Gasteiger charge is -2.05. The molecule has 82 valence electrons. The second kappa shape index (κ2) is 4.70. The molecule has 1 aromatic heterocycles. The fourth-order valence-corrected chi connectivity index (χ4v) is 1.77. The number of nitrogens with one attached hydrogen (secondary N) is 1. The average Bonchev–Trinajstić information content (AvgIpc) is 2.72. The van der Waals surface area contributed by atoms with E-state index < -0.39 is 6.04 Å². The number of hydrogen-bond acceptors (Lipinski definition) is 2. The largest absolute Gasteiger partial charge is 0.396 e. The third-order valence-electron chi connectivity index (χ3n) is 2.56. The Balaban J connectivity index is 2.30. The number of aromatic nitrogens is 1. The summed E-state index contributed by atoms with van der Waals surface area (Å²) in [5.74, 6) is 0. The van der Waals surface area contributed by atoms with Crippen LogP contribution in [0.25, 0.3) is 21.3 Å². The summed E-state index contributed by atoms with van der Waals surface area (Å²) in [7, 11) is 0. The standard InChI is InChI=1S/C11H12N4O/c12-15-14-9(7-16)5-8-6-13-11-4-2-1-3-10(8)11/h1-4,6,9,13,16H,5,7H2.